The van der Waals surface area contributed by atoms with Gasteiger partial charge in [0.15, 0.2) is 11.5 Å². The molecule has 29 heavy (non-hydrogen) atoms. The van der Waals surface area contributed by atoms with Gasteiger partial charge in [-0.05, 0) is 31.0 Å². The number of fused-ring (bicyclic) bond motifs is 1. The van der Waals surface area contributed by atoms with Crippen molar-refractivity contribution in [3.8, 4) is 17.3 Å². The van der Waals surface area contributed by atoms with Crippen molar-refractivity contribution < 1.29 is 4.74 Å². The molecule has 1 aliphatic rings. The molecule has 5 rings (SSSR count). The fourth-order valence-corrected chi connectivity index (χ4v) is 3.67. The molecule has 0 aliphatic carbocycles. The Labute approximate surface area is 172 Å². The Kier molecular flexibility index (Phi) is 4.73. The summed E-state index contributed by atoms with van der Waals surface area (Å²) < 4.78 is 7.86. The Morgan fingerprint density at radius 3 is 2.72 bits per heavy atom. The van der Waals surface area contributed by atoms with Gasteiger partial charge in [-0.25, -0.2) is 4.98 Å². The molecular weight excluding hydrogens is 388 g/mol. The number of pyridine rings is 1. The van der Waals surface area contributed by atoms with Crippen LogP contribution in [-0.2, 0) is 0 Å². The summed E-state index contributed by atoms with van der Waals surface area (Å²) >= 11 is 5.91. The van der Waals surface area contributed by atoms with Gasteiger partial charge >= 0.3 is 0 Å². The molecule has 1 fully saturated rings. The molecule has 0 N–H and O–H groups in total. The Hall–Kier alpha value is -3.19. The van der Waals surface area contributed by atoms with Crippen LogP contribution in [0.4, 0.5) is 5.82 Å². The van der Waals surface area contributed by atoms with Crippen molar-refractivity contribution in [1.29, 1.82) is 0 Å². The second-order valence-electron chi connectivity index (χ2n) is 6.99. The molecule has 1 aromatic carbocycles. The third kappa shape index (κ3) is 3.73. The number of anilines is 1. The molecule has 1 atom stereocenters. The van der Waals surface area contributed by atoms with Crippen LogP contribution in [-0.4, -0.2) is 44.0 Å². The summed E-state index contributed by atoms with van der Waals surface area (Å²) in [6.45, 7) is 1.67. The average molecular weight is 407 g/mol. The minimum atomic E-state index is 0.0458. The van der Waals surface area contributed by atoms with E-state index in [1.807, 2.05) is 42.5 Å². The molecule has 0 amide bonds. The number of nitrogens with zero attached hydrogens (tertiary/aromatic N) is 6. The number of benzene rings is 1. The molecule has 0 radical (unpaired) electrons. The third-order valence-electron chi connectivity index (χ3n) is 4.97. The number of ether oxygens (including phenoxy) is 1. The zero-order valence-electron chi connectivity index (χ0n) is 15.6. The van der Waals surface area contributed by atoms with Crippen LogP contribution in [0.15, 0.2) is 60.8 Å². The fourth-order valence-electron chi connectivity index (χ4n) is 3.56. The third-order valence-corrected chi connectivity index (χ3v) is 5.19. The van der Waals surface area contributed by atoms with E-state index >= 15 is 0 Å². The van der Waals surface area contributed by atoms with E-state index < -0.39 is 0 Å². The van der Waals surface area contributed by atoms with E-state index in [0.717, 1.165) is 48.8 Å². The molecule has 1 saturated heterocycles. The average Bonchev–Trinajstić information content (AvgIpc) is 3.19. The van der Waals surface area contributed by atoms with Crippen molar-refractivity contribution in [2.45, 2.75) is 18.9 Å². The van der Waals surface area contributed by atoms with Gasteiger partial charge in [-0.2, -0.15) is 4.52 Å². The fraction of sp³-hybridized carbons (Fsp3) is 0.238. The largest absolute Gasteiger partial charge is 0.472 e. The van der Waals surface area contributed by atoms with E-state index in [2.05, 4.69) is 20.1 Å². The maximum absolute atomic E-state index is 6.06. The minimum absolute atomic E-state index is 0.0458. The van der Waals surface area contributed by atoms with Crippen molar-refractivity contribution in [2.75, 3.05) is 18.0 Å². The lowest BCUT2D eigenvalue weighted by Gasteiger charge is -2.33. The molecule has 4 heterocycles. The first-order valence-electron chi connectivity index (χ1n) is 9.57. The smallest absolute Gasteiger partial charge is 0.213 e. The summed E-state index contributed by atoms with van der Waals surface area (Å²) in [7, 11) is 0. The highest BCUT2D eigenvalue weighted by Gasteiger charge is 2.23. The summed E-state index contributed by atoms with van der Waals surface area (Å²) in [5.74, 6) is 2.21. The van der Waals surface area contributed by atoms with E-state index in [9.17, 15) is 0 Å². The van der Waals surface area contributed by atoms with E-state index in [1.165, 1.54) is 0 Å². The van der Waals surface area contributed by atoms with Gasteiger partial charge in [0, 0.05) is 24.4 Å². The molecule has 0 saturated carbocycles. The monoisotopic (exact) mass is 406 g/mol. The highest BCUT2D eigenvalue weighted by molar-refractivity contribution is 6.30. The van der Waals surface area contributed by atoms with E-state index in [-0.39, 0.29) is 6.10 Å². The van der Waals surface area contributed by atoms with Gasteiger partial charge in [-0.1, -0.05) is 41.9 Å². The van der Waals surface area contributed by atoms with Gasteiger partial charge in [0.1, 0.15) is 11.9 Å². The molecule has 146 valence electrons. The summed E-state index contributed by atoms with van der Waals surface area (Å²) in [5, 5.41) is 14.0. The first-order valence-corrected chi connectivity index (χ1v) is 9.95. The molecule has 4 aromatic rings. The number of piperidine rings is 1. The topological polar surface area (TPSA) is 68.4 Å². The van der Waals surface area contributed by atoms with Gasteiger partial charge in [0.05, 0.1) is 11.6 Å². The van der Waals surface area contributed by atoms with Gasteiger partial charge < -0.3 is 9.64 Å². The van der Waals surface area contributed by atoms with E-state index in [0.29, 0.717) is 10.9 Å². The zero-order chi connectivity index (χ0) is 19.6. The Morgan fingerprint density at radius 1 is 1.00 bits per heavy atom. The molecule has 8 heteroatoms. The highest BCUT2D eigenvalue weighted by Crippen LogP contribution is 2.23. The summed E-state index contributed by atoms with van der Waals surface area (Å²) in [5.41, 5.74) is 1.71. The van der Waals surface area contributed by atoms with Gasteiger partial charge in [-0.3, -0.25) is 0 Å². The molecule has 1 aliphatic heterocycles. The quantitative estimate of drug-likeness (QED) is 0.512. The maximum atomic E-state index is 6.06. The van der Waals surface area contributed by atoms with E-state index in [1.54, 1.807) is 22.8 Å². The Balaban J connectivity index is 1.39. The van der Waals surface area contributed by atoms with Crippen LogP contribution in [0, 0.1) is 0 Å². The van der Waals surface area contributed by atoms with Gasteiger partial charge in [0.25, 0.3) is 0 Å². The lowest BCUT2D eigenvalue weighted by molar-refractivity contribution is 0.172. The first-order chi connectivity index (χ1) is 14.3. The van der Waals surface area contributed by atoms with Crippen molar-refractivity contribution in [1.82, 2.24) is 24.8 Å². The van der Waals surface area contributed by atoms with Crippen molar-refractivity contribution in [3.63, 3.8) is 0 Å². The predicted octanol–water partition coefficient (Wildman–Crippen LogP) is 3.89. The Morgan fingerprint density at radius 2 is 1.90 bits per heavy atom. The summed E-state index contributed by atoms with van der Waals surface area (Å²) in [6, 6.07) is 17.5. The van der Waals surface area contributed by atoms with Crippen molar-refractivity contribution >= 4 is 23.1 Å². The van der Waals surface area contributed by atoms with Crippen LogP contribution in [0.2, 0.25) is 5.02 Å². The lowest BCUT2D eigenvalue weighted by atomic mass is 10.1. The molecule has 7 nitrogen and oxygen atoms in total. The second-order valence-corrected chi connectivity index (χ2v) is 7.43. The van der Waals surface area contributed by atoms with Crippen LogP contribution in [0.5, 0.6) is 5.88 Å². The lowest BCUT2D eigenvalue weighted by Crippen LogP contribution is -2.41. The minimum Gasteiger partial charge on any atom is -0.472 e. The van der Waals surface area contributed by atoms with Crippen molar-refractivity contribution in [3.05, 3.63) is 65.8 Å². The summed E-state index contributed by atoms with van der Waals surface area (Å²) in [4.78, 5) is 6.47. The molecule has 0 bridgehead atoms. The number of hydrogen-bond donors (Lipinski definition) is 0. The molecule has 0 spiro atoms. The number of rotatable bonds is 4. The maximum Gasteiger partial charge on any atom is 0.213 e. The zero-order valence-corrected chi connectivity index (χ0v) is 16.4. The number of hydrogen-bond acceptors (Lipinski definition) is 6. The van der Waals surface area contributed by atoms with Gasteiger partial charge in [0.2, 0.25) is 5.88 Å². The second kappa shape index (κ2) is 7.67. The van der Waals surface area contributed by atoms with Crippen LogP contribution in [0.3, 0.4) is 0 Å². The predicted molar refractivity (Wildman–Crippen MR) is 111 cm³/mol. The molecular formula is C21H19ClN6O. The normalized spacial score (nSPS) is 16.9. The molecule has 1 unspecified atom stereocenters. The van der Waals surface area contributed by atoms with Gasteiger partial charge in [-0.15, -0.1) is 15.3 Å². The number of aromatic nitrogens is 5. The highest BCUT2D eigenvalue weighted by atomic mass is 35.5. The summed E-state index contributed by atoms with van der Waals surface area (Å²) in [6.07, 6.45) is 3.64. The van der Waals surface area contributed by atoms with Crippen LogP contribution in [0.25, 0.3) is 17.0 Å². The SMILES string of the molecule is Clc1ccc(OC2CCCN(c3ccc4nnc(-c5ccccc5)n4n3)C2)nc1. The Bertz CT molecular complexity index is 1120. The van der Waals surface area contributed by atoms with E-state index in [4.69, 9.17) is 21.4 Å². The standard InChI is InChI=1S/C21H19ClN6O/c22-16-8-11-20(23-13-16)29-17-7-4-12-27(14-17)19-10-9-18-24-25-21(28(18)26-19)15-5-2-1-3-6-15/h1-3,5-6,8-11,13,17H,4,7,12,14H2. The van der Waals surface area contributed by atoms with Crippen LogP contribution in [0.1, 0.15) is 12.8 Å². The van der Waals surface area contributed by atoms with Crippen molar-refractivity contribution in [2.24, 2.45) is 0 Å². The number of halogens is 1. The first kappa shape index (κ1) is 17.9. The molecule has 3 aromatic heterocycles. The van der Waals surface area contributed by atoms with Crippen LogP contribution >= 0.6 is 11.6 Å². The van der Waals surface area contributed by atoms with Crippen LogP contribution < -0.4 is 9.64 Å².